The van der Waals surface area contributed by atoms with E-state index in [1.54, 1.807) is 12.1 Å². The van der Waals surface area contributed by atoms with Crippen LogP contribution in [0.4, 0.5) is 5.69 Å². The van der Waals surface area contributed by atoms with Crippen LogP contribution in [-0.2, 0) is 0 Å². The molecule has 1 aromatic carbocycles. The van der Waals surface area contributed by atoms with E-state index < -0.39 is 0 Å². The monoisotopic (exact) mass is 169 g/mol. The Balaban J connectivity index is 3.12. The summed E-state index contributed by atoms with van der Waals surface area (Å²) in [6, 6.07) is 4.75. The predicted octanol–water partition coefficient (Wildman–Crippen LogP) is 2.83. The lowest BCUT2D eigenvalue weighted by Gasteiger charge is -1.97. The van der Waals surface area contributed by atoms with Gasteiger partial charge in [-0.05, 0) is 6.07 Å². The smallest absolute Gasteiger partial charge is 0.386 e. The van der Waals surface area contributed by atoms with Crippen LogP contribution in [0, 0.1) is 5.39 Å². The summed E-state index contributed by atoms with van der Waals surface area (Å²) in [5.74, 6) is 0.569. The highest BCUT2D eigenvalue weighted by Gasteiger charge is 2.08. The molecule has 11 heavy (non-hydrogen) atoms. The summed E-state index contributed by atoms with van der Waals surface area (Å²) < 4.78 is 4.89. The molecule has 1 rings (SSSR count). The molecule has 0 radical (unpaired) electrons. The minimum atomic E-state index is 0.413. The van der Waals surface area contributed by atoms with Crippen molar-refractivity contribution in [3.63, 3.8) is 0 Å². The molecule has 0 saturated carbocycles. The predicted molar refractivity (Wildman–Crippen MR) is 42.7 cm³/mol. The van der Waals surface area contributed by atoms with Crippen LogP contribution in [0.2, 0.25) is 5.02 Å². The van der Waals surface area contributed by atoms with Gasteiger partial charge in [-0.1, -0.05) is 11.6 Å². The van der Waals surface area contributed by atoms with Gasteiger partial charge >= 0.3 is 5.69 Å². The molecule has 56 valence electrons. The van der Waals surface area contributed by atoms with Gasteiger partial charge in [-0.3, -0.25) is 0 Å². The van der Waals surface area contributed by atoms with Crippen molar-refractivity contribution in [2.45, 2.75) is 0 Å². The summed E-state index contributed by atoms with van der Waals surface area (Å²) in [4.78, 5) is 2.97. The molecule has 0 heterocycles. The minimum Gasteiger partial charge on any atom is -0.495 e. The number of diazo groups is 1. The molecule has 0 bridgehead atoms. The molecular formula is C7H6ClN2O+. The van der Waals surface area contributed by atoms with Gasteiger partial charge in [0, 0.05) is 6.07 Å². The van der Waals surface area contributed by atoms with Gasteiger partial charge in [0.05, 0.1) is 18.2 Å². The molecular weight excluding hydrogens is 164 g/mol. The van der Waals surface area contributed by atoms with E-state index >= 15 is 0 Å². The zero-order valence-corrected chi connectivity index (χ0v) is 6.67. The van der Waals surface area contributed by atoms with Crippen molar-refractivity contribution in [3.8, 4) is 5.75 Å². The van der Waals surface area contributed by atoms with E-state index in [0.29, 0.717) is 16.5 Å². The van der Waals surface area contributed by atoms with Crippen molar-refractivity contribution in [3.05, 3.63) is 28.2 Å². The van der Waals surface area contributed by atoms with Crippen LogP contribution < -0.4 is 4.74 Å². The Kier molecular flexibility index (Phi) is 2.29. The lowest BCUT2D eigenvalue weighted by Crippen LogP contribution is -1.81. The Hall–Kier alpha value is -1.27. The Morgan fingerprint density at radius 2 is 2.27 bits per heavy atom. The van der Waals surface area contributed by atoms with Crippen molar-refractivity contribution < 1.29 is 4.74 Å². The van der Waals surface area contributed by atoms with Crippen LogP contribution in [0.15, 0.2) is 18.2 Å². The molecule has 4 heteroatoms. The van der Waals surface area contributed by atoms with Gasteiger partial charge in [0.1, 0.15) is 5.75 Å². The number of benzene rings is 1. The fraction of sp³-hybridized carbons (Fsp3) is 0.143. The summed E-state index contributed by atoms with van der Waals surface area (Å²) in [6.45, 7) is 0. The number of rotatable bonds is 1. The highest BCUT2D eigenvalue weighted by Crippen LogP contribution is 2.28. The second-order valence-corrected chi connectivity index (χ2v) is 2.33. The van der Waals surface area contributed by atoms with Crippen LogP contribution in [0.25, 0.3) is 4.98 Å². The molecule has 0 aliphatic heterocycles. The molecule has 0 saturated heterocycles. The van der Waals surface area contributed by atoms with E-state index in [1.807, 2.05) is 0 Å². The SMILES string of the molecule is COc1ccc([N+]#N)cc1Cl. The van der Waals surface area contributed by atoms with E-state index in [9.17, 15) is 0 Å². The maximum atomic E-state index is 8.35. The number of nitrogens with zero attached hydrogens (tertiary/aromatic N) is 2. The fourth-order valence-corrected chi connectivity index (χ4v) is 0.969. The number of ether oxygens (including phenoxy) is 1. The van der Waals surface area contributed by atoms with Gasteiger partial charge in [-0.15, -0.1) is 0 Å². The van der Waals surface area contributed by atoms with Crippen LogP contribution in [0.1, 0.15) is 0 Å². The lowest BCUT2D eigenvalue weighted by molar-refractivity contribution is 0.415. The number of halogens is 1. The van der Waals surface area contributed by atoms with Gasteiger partial charge in [0.2, 0.25) is 5.39 Å². The maximum Gasteiger partial charge on any atom is 0.386 e. The van der Waals surface area contributed by atoms with Crippen LogP contribution in [0.5, 0.6) is 5.75 Å². The molecule has 0 amide bonds. The third-order valence-corrected chi connectivity index (χ3v) is 1.55. The largest absolute Gasteiger partial charge is 0.495 e. The molecule has 0 unspecified atom stereocenters. The molecule has 0 fully saturated rings. The molecule has 0 atom stereocenters. The quantitative estimate of drug-likeness (QED) is 0.607. The first-order valence-electron chi connectivity index (χ1n) is 2.96. The lowest BCUT2D eigenvalue weighted by atomic mass is 10.3. The van der Waals surface area contributed by atoms with Gasteiger partial charge in [0.15, 0.2) is 4.98 Å². The second-order valence-electron chi connectivity index (χ2n) is 1.92. The maximum absolute atomic E-state index is 8.35. The fourth-order valence-electron chi connectivity index (χ4n) is 0.717. The van der Waals surface area contributed by atoms with Crippen molar-refractivity contribution in [2.24, 2.45) is 0 Å². The zero-order chi connectivity index (χ0) is 8.27. The Morgan fingerprint density at radius 3 is 2.73 bits per heavy atom. The molecule has 0 aromatic heterocycles. The molecule has 0 aliphatic rings. The number of hydrogen-bond acceptors (Lipinski definition) is 2. The van der Waals surface area contributed by atoms with Gasteiger partial charge in [0.25, 0.3) is 0 Å². The first-order chi connectivity index (χ1) is 5.27. The summed E-state index contributed by atoms with van der Waals surface area (Å²) in [7, 11) is 1.52. The highest BCUT2D eigenvalue weighted by atomic mass is 35.5. The van der Waals surface area contributed by atoms with E-state index in [4.69, 9.17) is 21.7 Å². The van der Waals surface area contributed by atoms with Crippen molar-refractivity contribution in [1.29, 1.82) is 5.39 Å². The summed E-state index contributed by atoms with van der Waals surface area (Å²) in [5.41, 5.74) is 0.413. The van der Waals surface area contributed by atoms with Gasteiger partial charge < -0.3 is 4.74 Å². The van der Waals surface area contributed by atoms with E-state index in [2.05, 4.69) is 4.98 Å². The van der Waals surface area contributed by atoms with Crippen molar-refractivity contribution in [2.75, 3.05) is 7.11 Å². The standard InChI is InChI=1S/C7H6ClN2O/c1-11-7-3-2-5(10-9)4-6(7)8/h2-4H,1H3/q+1. The molecule has 3 nitrogen and oxygen atoms in total. The van der Waals surface area contributed by atoms with Crippen molar-refractivity contribution in [1.82, 2.24) is 0 Å². The number of hydrogen-bond donors (Lipinski definition) is 0. The zero-order valence-electron chi connectivity index (χ0n) is 5.91. The van der Waals surface area contributed by atoms with E-state index in [0.717, 1.165) is 0 Å². The molecule has 1 aromatic rings. The van der Waals surface area contributed by atoms with Crippen LogP contribution in [-0.4, -0.2) is 7.11 Å². The first-order valence-corrected chi connectivity index (χ1v) is 3.34. The summed E-state index contributed by atoms with van der Waals surface area (Å²) >= 11 is 5.71. The van der Waals surface area contributed by atoms with Crippen LogP contribution in [0.3, 0.4) is 0 Å². The van der Waals surface area contributed by atoms with Gasteiger partial charge in [-0.2, -0.15) is 0 Å². The van der Waals surface area contributed by atoms with Crippen molar-refractivity contribution >= 4 is 17.3 Å². The van der Waals surface area contributed by atoms with Gasteiger partial charge in [-0.25, -0.2) is 0 Å². The molecule has 0 N–H and O–H groups in total. The number of methoxy groups -OCH3 is 1. The minimum absolute atomic E-state index is 0.413. The highest BCUT2D eigenvalue weighted by molar-refractivity contribution is 6.32. The average Bonchev–Trinajstić information content (AvgIpc) is 2.04. The second kappa shape index (κ2) is 3.22. The first kappa shape index (κ1) is 7.83. The molecule has 0 aliphatic carbocycles. The molecule has 0 spiro atoms. The average molecular weight is 170 g/mol. The van der Waals surface area contributed by atoms with E-state index in [1.165, 1.54) is 13.2 Å². The topological polar surface area (TPSA) is 37.4 Å². The Morgan fingerprint density at radius 1 is 1.55 bits per heavy atom. The Bertz CT molecular complexity index is 306. The normalized spacial score (nSPS) is 8.82. The third kappa shape index (κ3) is 1.60. The van der Waals surface area contributed by atoms with Crippen LogP contribution >= 0.6 is 11.6 Å². The summed E-state index contributed by atoms with van der Waals surface area (Å²) in [6.07, 6.45) is 0. The third-order valence-electron chi connectivity index (χ3n) is 1.25. The summed E-state index contributed by atoms with van der Waals surface area (Å²) in [5, 5.41) is 8.78. The van der Waals surface area contributed by atoms with E-state index in [-0.39, 0.29) is 0 Å². The Labute approximate surface area is 69.2 Å².